The molecule has 0 spiro atoms. The number of nitrogens with one attached hydrogen (secondary N) is 1. The molecule has 0 aliphatic carbocycles. The number of rotatable bonds is 12. The Balaban J connectivity index is 1.60. The van der Waals surface area contributed by atoms with Gasteiger partial charge in [0.15, 0.2) is 0 Å². The highest BCUT2D eigenvalue weighted by molar-refractivity contribution is 5.68. The van der Waals surface area contributed by atoms with E-state index in [0.717, 1.165) is 16.7 Å². The van der Waals surface area contributed by atoms with Gasteiger partial charge in [0, 0.05) is 0 Å². The van der Waals surface area contributed by atoms with Crippen LogP contribution in [0.1, 0.15) is 37.5 Å². The van der Waals surface area contributed by atoms with Crippen LogP contribution in [0.15, 0.2) is 104 Å². The highest BCUT2D eigenvalue weighted by Crippen LogP contribution is 2.29. The summed E-state index contributed by atoms with van der Waals surface area (Å²) in [5, 5.41) is 2.99. The molecule has 4 rings (SSSR count). The molecule has 0 aromatic heterocycles. The molecule has 1 amide bonds. The third kappa shape index (κ3) is 9.54. The number of amides is 1. The van der Waals surface area contributed by atoms with E-state index in [1.54, 1.807) is 6.08 Å². The van der Waals surface area contributed by atoms with Crippen molar-refractivity contribution in [1.82, 2.24) is 5.32 Å². The molecular formula is C34H41NO6. The first-order valence-electron chi connectivity index (χ1n) is 14.0. The molecule has 1 aliphatic rings. The largest absolute Gasteiger partial charge is 0.444 e. The molecular weight excluding hydrogens is 518 g/mol. The van der Waals surface area contributed by atoms with Crippen molar-refractivity contribution in [3.05, 3.63) is 120 Å². The second kappa shape index (κ2) is 14.9. The fraction of sp³-hybridized carbons (Fsp3) is 0.382. The second-order valence-electron chi connectivity index (χ2n) is 11.1. The fourth-order valence-corrected chi connectivity index (χ4v) is 4.71. The highest BCUT2D eigenvalue weighted by Gasteiger charge is 2.47. The second-order valence-corrected chi connectivity index (χ2v) is 11.1. The summed E-state index contributed by atoms with van der Waals surface area (Å²) in [5.74, 6) is 0. The summed E-state index contributed by atoms with van der Waals surface area (Å²) in [7, 11) is 0. The zero-order valence-corrected chi connectivity index (χ0v) is 24.1. The van der Waals surface area contributed by atoms with Crippen molar-refractivity contribution in [1.29, 1.82) is 0 Å². The van der Waals surface area contributed by atoms with E-state index in [1.165, 1.54) is 0 Å². The number of carbonyl (C=O) groups excluding carboxylic acids is 1. The first kappa shape index (κ1) is 30.5. The Bertz CT molecular complexity index is 1200. The lowest BCUT2D eigenvalue weighted by molar-refractivity contribution is -0.223. The van der Waals surface area contributed by atoms with Crippen molar-refractivity contribution in [3.8, 4) is 0 Å². The molecule has 7 heteroatoms. The number of alkyl carbamates (subject to hydrolysis) is 1. The van der Waals surface area contributed by atoms with Crippen LogP contribution in [-0.2, 0) is 43.5 Å². The lowest BCUT2D eigenvalue weighted by Gasteiger charge is -2.46. The summed E-state index contributed by atoms with van der Waals surface area (Å²) in [6, 6.07) is 29.2. The zero-order chi connectivity index (χ0) is 29.1. The topological polar surface area (TPSA) is 75.3 Å². The van der Waals surface area contributed by atoms with Crippen LogP contribution in [-0.4, -0.2) is 48.8 Å². The normalized spacial score (nSPS) is 22.6. The third-order valence-electron chi connectivity index (χ3n) is 6.61. The SMILES string of the molecule is C=C[C@H]1O[C@H](COCc2ccccc2)[C@H](OCc2ccccc2)[C@H](OCc2ccccc2)[C@@H]1NC(=O)OC(C)(C)C. The van der Waals surface area contributed by atoms with Gasteiger partial charge in [0.25, 0.3) is 0 Å². The molecule has 1 heterocycles. The summed E-state index contributed by atoms with van der Waals surface area (Å²) in [5.41, 5.74) is 2.41. The summed E-state index contributed by atoms with van der Waals surface area (Å²) in [6.45, 7) is 10.8. The van der Waals surface area contributed by atoms with Crippen LogP contribution in [0.4, 0.5) is 4.79 Å². The van der Waals surface area contributed by atoms with Crippen LogP contribution in [0.2, 0.25) is 0 Å². The maximum Gasteiger partial charge on any atom is 0.408 e. The molecule has 1 fully saturated rings. The fourth-order valence-electron chi connectivity index (χ4n) is 4.71. The molecule has 41 heavy (non-hydrogen) atoms. The molecule has 218 valence electrons. The molecule has 5 atom stereocenters. The Kier molecular flexibility index (Phi) is 11.1. The van der Waals surface area contributed by atoms with Crippen LogP contribution < -0.4 is 5.32 Å². The van der Waals surface area contributed by atoms with E-state index in [4.69, 9.17) is 23.7 Å². The van der Waals surface area contributed by atoms with Crippen molar-refractivity contribution >= 4 is 6.09 Å². The van der Waals surface area contributed by atoms with Crippen molar-refractivity contribution in [2.75, 3.05) is 6.61 Å². The predicted molar refractivity (Wildman–Crippen MR) is 158 cm³/mol. The van der Waals surface area contributed by atoms with Gasteiger partial charge in [-0.2, -0.15) is 0 Å². The van der Waals surface area contributed by atoms with Crippen LogP contribution in [0, 0.1) is 0 Å². The Morgan fingerprint density at radius 3 is 1.78 bits per heavy atom. The first-order chi connectivity index (χ1) is 19.8. The van der Waals surface area contributed by atoms with Crippen LogP contribution in [0.3, 0.4) is 0 Å². The number of ether oxygens (including phenoxy) is 5. The van der Waals surface area contributed by atoms with Crippen molar-refractivity contribution in [2.24, 2.45) is 0 Å². The van der Waals surface area contributed by atoms with Gasteiger partial charge in [-0.05, 0) is 37.5 Å². The van der Waals surface area contributed by atoms with Gasteiger partial charge < -0.3 is 29.0 Å². The molecule has 1 saturated heterocycles. The molecule has 1 aliphatic heterocycles. The van der Waals surface area contributed by atoms with E-state index in [9.17, 15) is 4.79 Å². The first-order valence-corrected chi connectivity index (χ1v) is 14.0. The van der Waals surface area contributed by atoms with Gasteiger partial charge in [0.05, 0.1) is 38.6 Å². The highest BCUT2D eigenvalue weighted by atomic mass is 16.6. The molecule has 0 radical (unpaired) electrons. The summed E-state index contributed by atoms with van der Waals surface area (Å²) < 4.78 is 31.3. The maximum atomic E-state index is 13.0. The summed E-state index contributed by atoms with van der Waals surface area (Å²) in [4.78, 5) is 13.0. The number of hydrogen-bond donors (Lipinski definition) is 1. The van der Waals surface area contributed by atoms with Gasteiger partial charge in [-0.3, -0.25) is 0 Å². The quantitative estimate of drug-likeness (QED) is 0.266. The van der Waals surface area contributed by atoms with Crippen molar-refractivity contribution in [3.63, 3.8) is 0 Å². The van der Waals surface area contributed by atoms with Gasteiger partial charge in [-0.1, -0.05) is 97.1 Å². The lowest BCUT2D eigenvalue weighted by atomic mass is 9.92. The van der Waals surface area contributed by atoms with Gasteiger partial charge >= 0.3 is 6.09 Å². The molecule has 7 nitrogen and oxygen atoms in total. The Hall–Kier alpha value is -3.49. The third-order valence-corrected chi connectivity index (χ3v) is 6.61. The monoisotopic (exact) mass is 559 g/mol. The van der Waals surface area contributed by atoms with Crippen LogP contribution in [0.25, 0.3) is 0 Å². The van der Waals surface area contributed by atoms with Gasteiger partial charge in [-0.25, -0.2) is 4.79 Å². The average Bonchev–Trinajstić information content (AvgIpc) is 2.96. The molecule has 0 unspecified atom stereocenters. The van der Waals surface area contributed by atoms with E-state index in [2.05, 4.69) is 11.9 Å². The standard InChI is InChI=1S/C34H41NO6/c1-5-28-30(35-33(36)41-34(2,3)4)32(39-23-27-19-13-8-14-20-27)31(38-22-26-17-11-7-12-18-26)29(40-28)24-37-21-25-15-9-6-10-16-25/h5-20,28-32H,1,21-24H2,2-4H3,(H,35,36)/t28-,29-,30-,31+,32-/m1/s1. The van der Waals surface area contributed by atoms with E-state index in [0.29, 0.717) is 19.8 Å². The maximum absolute atomic E-state index is 13.0. The van der Waals surface area contributed by atoms with Gasteiger partial charge in [-0.15, -0.1) is 6.58 Å². The van der Waals surface area contributed by atoms with Gasteiger partial charge in [0.2, 0.25) is 0 Å². The molecule has 0 saturated carbocycles. The van der Waals surface area contributed by atoms with E-state index >= 15 is 0 Å². The molecule has 3 aromatic rings. The number of benzene rings is 3. The Morgan fingerprint density at radius 1 is 0.805 bits per heavy atom. The van der Waals surface area contributed by atoms with E-state index in [-0.39, 0.29) is 6.61 Å². The summed E-state index contributed by atoms with van der Waals surface area (Å²) >= 11 is 0. The molecule has 0 bridgehead atoms. The van der Waals surface area contributed by atoms with Crippen LogP contribution >= 0.6 is 0 Å². The van der Waals surface area contributed by atoms with E-state index in [1.807, 2.05) is 112 Å². The zero-order valence-electron chi connectivity index (χ0n) is 24.1. The minimum Gasteiger partial charge on any atom is -0.444 e. The predicted octanol–water partition coefficient (Wildman–Crippen LogP) is 6.22. The smallest absolute Gasteiger partial charge is 0.408 e. The van der Waals surface area contributed by atoms with Crippen LogP contribution in [0.5, 0.6) is 0 Å². The van der Waals surface area contributed by atoms with Crippen molar-refractivity contribution in [2.45, 2.75) is 76.7 Å². The molecule has 3 aromatic carbocycles. The minimum absolute atomic E-state index is 0.267. The Morgan fingerprint density at radius 2 is 1.29 bits per heavy atom. The minimum atomic E-state index is -0.666. The Labute approximate surface area is 243 Å². The number of carbonyl (C=O) groups is 1. The molecule has 1 N–H and O–H groups in total. The lowest BCUT2D eigenvalue weighted by Crippen LogP contribution is -2.65. The summed E-state index contributed by atoms with van der Waals surface area (Å²) in [6.07, 6.45) is -1.09. The number of hydrogen-bond acceptors (Lipinski definition) is 6. The average molecular weight is 560 g/mol. The van der Waals surface area contributed by atoms with Crippen molar-refractivity contribution < 1.29 is 28.5 Å². The van der Waals surface area contributed by atoms with Gasteiger partial charge in [0.1, 0.15) is 23.9 Å². The van der Waals surface area contributed by atoms with E-state index < -0.39 is 42.2 Å².